The van der Waals surface area contributed by atoms with Crippen LogP contribution in [-0.2, 0) is 9.47 Å². The van der Waals surface area contributed by atoms with Crippen LogP contribution in [0.1, 0.15) is 52.9 Å². The second kappa shape index (κ2) is 7.25. The van der Waals surface area contributed by atoms with Crippen molar-refractivity contribution in [3.63, 3.8) is 0 Å². The first kappa shape index (κ1) is 16.3. The predicted molar refractivity (Wildman–Crippen MR) is 82.6 cm³/mol. The van der Waals surface area contributed by atoms with E-state index in [0.717, 1.165) is 44.6 Å². The molecule has 1 aliphatic heterocycles. The summed E-state index contributed by atoms with van der Waals surface area (Å²) >= 11 is 0. The summed E-state index contributed by atoms with van der Waals surface area (Å²) in [4.78, 5) is 18.6. The fraction of sp³-hybridized carbons (Fsp3) is 0.875. The number of ether oxygens (including phenoxy) is 2. The van der Waals surface area contributed by atoms with Crippen molar-refractivity contribution in [1.82, 2.24) is 4.90 Å². The molecule has 0 bridgehead atoms. The van der Waals surface area contributed by atoms with Gasteiger partial charge >= 0.3 is 6.09 Å². The summed E-state index contributed by atoms with van der Waals surface area (Å²) in [6, 6.07) is 0. The molecule has 1 aliphatic carbocycles. The highest BCUT2D eigenvalue weighted by Crippen LogP contribution is 2.23. The molecule has 2 rings (SSSR count). The van der Waals surface area contributed by atoms with Crippen LogP contribution >= 0.6 is 0 Å². The van der Waals surface area contributed by atoms with Gasteiger partial charge in [0.05, 0.1) is 13.2 Å². The number of aliphatic imine (C=N–C) groups is 1. The van der Waals surface area contributed by atoms with Gasteiger partial charge in [-0.25, -0.2) is 4.79 Å². The van der Waals surface area contributed by atoms with Crippen LogP contribution in [-0.4, -0.2) is 49.2 Å². The average molecular weight is 296 g/mol. The molecule has 0 N–H and O–H groups in total. The van der Waals surface area contributed by atoms with Gasteiger partial charge in [-0.1, -0.05) is 27.2 Å². The van der Waals surface area contributed by atoms with Gasteiger partial charge in [-0.3, -0.25) is 0 Å². The molecule has 1 heterocycles. The van der Waals surface area contributed by atoms with Gasteiger partial charge < -0.3 is 14.4 Å². The van der Waals surface area contributed by atoms with Gasteiger partial charge in [0.25, 0.3) is 0 Å². The van der Waals surface area contributed by atoms with Crippen molar-refractivity contribution in [2.45, 2.75) is 59.0 Å². The molecule has 2 aliphatic rings. The van der Waals surface area contributed by atoms with Crippen LogP contribution in [0.5, 0.6) is 0 Å². The molecule has 0 aromatic carbocycles. The molecule has 21 heavy (non-hydrogen) atoms. The van der Waals surface area contributed by atoms with Crippen LogP contribution in [0.2, 0.25) is 0 Å². The number of carbonyl (C=O) groups excluding carboxylic acids is 1. The standard InChI is InChI=1S/C16H28N2O3/c1-16(2,3)14(18-9-11-20-12-10-18)17-15(19)21-13-7-5-4-6-8-13/h13H,4-12H2,1-3H3/b17-14-. The Hall–Kier alpha value is -1.10. The highest BCUT2D eigenvalue weighted by Gasteiger charge is 2.28. The number of hydrogen-bond acceptors (Lipinski definition) is 3. The number of morpholine rings is 1. The van der Waals surface area contributed by atoms with Gasteiger partial charge in [0, 0.05) is 18.5 Å². The monoisotopic (exact) mass is 296 g/mol. The second-order valence-corrected chi connectivity index (χ2v) is 6.93. The largest absolute Gasteiger partial charge is 0.445 e. The van der Waals surface area contributed by atoms with Crippen LogP contribution < -0.4 is 0 Å². The number of carbonyl (C=O) groups is 1. The van der Waals surface area contributed by atoms with Crippen molar-refractivity contribution in [2.75, 3.05) is 26.3 Å². The van der Waals surface area contributed by atoms with Crippen molar-refractivity contribution in [3.8, 4) is 0 Å². The molecule has 0 unspecified atom stereocenters. The molecular formula is C16H28N2O3. The fourth-order valence-corrected chi connectivity index (χ4v) is 2.93. The topological polar surface area (TPSA) is 51.1 Å². The van der Waals surface area contributed by atoms with E-state index in [-0.39, 0.29) is 11.5 Å². The minimum Gasteiger partial charge on any atom is -0.445 e. The van der Waals surface area contributed by atoms with Crippen LogP contribution in [0, 0.1) is 5.41 Å². The van der Waals surface area contributed by atoms with Gasteiger partial charge in [-0.2, -0.15) is 4.99 Å². The summed E-state index contributed by atoms with van der Waals surface area (Å²) in [7, 11) is 0. The maximum absolute atomic E-state index is 12.1. The molecule has 2 fully saturated rings. The van der Waals surface area contributed by atoms with E-state index in [2.05, 4.69) is 30.7 Å². The molecule has 0 atom stereocenters. The highest BCUT2D eigenvalue weighted by atomic mass is 16.6. The first-order valence-electron chi connectivity index (χ1n) is 8.09. The summed E-state index contributed by atoms with van der Waals surface area (Å²) in [6.45, 7) is 9.18. The molecule has 5 heteroatoms. The Labute approximate surface area is 127 Å². The molecular weight excluding hydrogens is 268 g/mol. The first-order chi connectivity index (χ1) is 9.97. The third kappa shape index (κ3) is 4.99. The highest BCUT2D eigenvalue weighted by molar-refractivity contribution is 5.95. The third-order valence-electron chi connectivity index (χ3n) is 4.00. The number of rotatable bonds is 1. The molecule has 0 aromatic rings. The fourth-order valence-electron chi connectivity index (χ4n) is 2.93. The van der Waals surface area contributed by atoms with Crippen molar-refractivity contribution in [3.05, 3.63) is 0 Å². The molecule has 120 valence electrons. The number of amidine groups is 1. The lowest BCUT2D eigenvalue weighted by atomic mass is 9.93. The molecule has 1 saturated heterocycles. The maximum atomic E-state index is 12.1. The number of nitrogens with zero attached hydrogens (tertiary/aromatic N) is 2. The zero-order valence-corrected chi connectivity index (χ0v) is 13.6. The van der Waals surface area contributed by atoms with Gasteiger partial charge in [-0.15, -0.1) is 0 Å². The predicted octanol–water partition coefficient (Wildman–Crippen LogP) is 3.23. The van der Waals surface area contributed by atoms with E-state index in [1.54, 1.807) is 0 Å². The zero-order valence-electron chi connectivity index (χ0n) is 13.6. The SMILES string of the molecule is CC(C)(C)/C(=N/C(=O)OC1CCCCC1)N1CCOCC1. The van der Waals surface area contributed by atoms with Gasteiger partial charge in [0.2, 0.25) is 0 Å². The van der Waals surface area contributed by atoms with E-state index in [1.807, 2.05) is 0 Å². The molecule has 0 aromatic heterocycles. The molecule has 1 saturated carbocycles. The Kier molecular flexibility index (Phi) is 5.62. The van der Waals surface area contributed by atoms with E-state index < -0.39 is 6.09 Å². The second-order valence-electron chi connectivity index (χ2n) is 6.93. The summed E-state index contributed by atoms with van der Waals surface area (Å²) in [6.07, 6.45) is 5.12. The lowest BCUT2D eigenvalue weighted by Gasteiger charge is -2.35. The lowest BCUT2D eigenvalue weighted by molar-refractivity contribution is 0.0629. The summed E-state index contributed by atoms with van der Waals surface area (Å²) < 4.78 is 10.9. The van der Waals surface area contributed by atoms with Crippen LogP contribution in [0.25, 0.3) is 0 Å². The Bertz CT molecular complexity index is 375. The van der Waals surface area contributed by atoms with E-state index >= 15 is 0 Å². The first-order valence-corrected chi connectivity index (χ1v) is 8.09. The van der Waals surface area contributed by atoms with Crippen molar-refractivity contribution in [1.29, 1.82) is 0 Å². The zero-order chi connectivity index (χ0) is 15.3. The summed E-state index contributed by atoms with van der Waals surface area (Å²) in [5, 5.41) is 0. The Morgan fingerprint density at radius 2 is 1.76 bits per heavy atom. The minimum atomic E-state index is -0.432. The van der Waals surface area contributed by atoms with Crippen molar-refractivity contribution in [2.24, 2.45) is 10.4 Å². The normalized spacial score (nSPS) is 22.2. The van der Waals surface area contributed by atoms with Crippen molar-refractivity contribution >= 4 is 11.9 Å². The van der Waals surface area contributed by atoms with Gasteiger partial charge in [0.1, 0.15) is 11.9 Å². The number of hydrogen-bond donors (Lipinski definition) is 0. The molecule has 0 radical (unpaired) electrons. The maximum Gasteiger partial charge on any atom is 0.435 e. The van der Waals surface area contributed by atoms with E-state index in [1.165, 1.54) is 6.42 Å². The molecule has 5 nitrogen and oxygen atoms in total. The average Bonchev–Trinajstić information content (AvgIpc) is 2.45. The van der Waals surface area contributed by atoms with Crippen LogP contribution in [0.3, 0.4) is 0 Å². The van der Waals surface area contributed by atoms with Gasteiger partial charge in [0.15, 0.2) is 0 Å². The summed E-state index contributed by atoms with van der Waals surface area (Å²) in [5.74, 6) is 0.812. The van der Waals surface area contributed by atoms with E-state index in [9.17, 15) is 4.79 Å². The lowest BCUT2D eigenvalue weighted by Crippen LogP contribution is -2.46. The molecule has 0 spiro atoms. The number of amides is 1. The van der Waals surface area contributed by atoms with E-state index in [0.29, 0.717) is 13.2 Å². The van der Waals surface area contributed by atoms with E-state index in [4.69, 9.17) is 9.47 Å². The van der Waals surface area contributed by atoms with Crippen LogP contribution in [0.4, 0.5) is 4.79 Å². The van der Waals surface area contributed by atoms with Crippen molar-refractivity contribution < 1.29 is 14.3 Å². The Morgan fingerprint density at radius 3 is 2.33 bits per heavy atom. The Balaban J connectivity index is 2.02. The smallest absolute Gasteiger partial charge is 0.435 e. The Morgan fingerprint density at radius 1 is 1.14 bits per heavy atom. The molecule has 1 amide bonds. The summed E-state index contributed by atoms with van der Waals surface area (Å²) in [5.41, 5.74) is -0.178. The van der Waals surface area contributed by atoms with Gasteiger partial charge in [-0.05, 0) is 25.7 Å². The quantitative estimate of drug-likeness (QED) is 0.550. The van der Waals surface area contributed by atoms with Crippen LogP contribution in [0.15, 0.2) is 4.99 Å². The third-order valence-corrected chi connectivity index (χ3v) is 4.00. The minimum absolute atomic E-state index is 0.0564.